The van der Waals surface area contributed by atoms with Crippen LogP contribution < -0.4 is 26.4 Å². The predicted molar refractivity (Wildman–Crippen MR) is 249 cm³/mol. The van der Waals surface area contributed by atoms with Gasteiger partial charge >= 0.3 is 200 Å². The second kappa shape index (κ2) is 29.7. The van der Waals surface area contributed by atoms with Gasteiger partial charge in [0.25, 0.3) is 0 Å². The molecule has 2 aliphatic heterocycles. The average Bonchev–Trinajstić information content (AvgIpc) is 3.71. The van der Waals surface area contributed by atoms with Crippen LogP contribution in [0.1, 0.15) is 55.4 Å². The third-order valence-corrected chi connectivity index (χ3v) is 14.9. The molecule has 4 unspecified atom stereocenters. The summed E-state index contributed by atoms with van der Waals surface area (Å²) in [6.45, 7) is 3.63. The number of nitrogens with one attached hydrogen (secondary N) is 3. The zero-order valence-corrected chi connectivity index (χ0v) is 45.5. The Morgan fingerprint density at radius 2 is 1.50 bits per heavy atom. The predicted octanol–water partition coefficient (Wildman–Crippen LogP) is 0.129. The van der Waals surface area contributed by atoms with Gasteiger partial charge in [-0.15, -0.1) is 9.24 Å². The fourth-order valence-electron chi connectivity index (χ4n) is 7.65. The molecule has 2 aliphatic rings. The van der Waals surface area contributed by atoms with Gasteiger partial charge in [-0.3, -0.25) is 29.2 Å². The summed E-state index contributed by atoms with van der Waals surface area (Å²) in [6.07, 6.45) is 7.39. The number of benzene rings is 2. The number of amides is 2. The van der Waals surface area contributed by atoms with Gasteiger partial charge < -0.3 is 20.3 Å². The summed E-state index contributed by atoms with van der Waals surface area (Å²) < 4.78 is 7.76. The molecule has 348 valence electrons. The van der Waals surface area contributed by atoms with Crippen LogP contribution in [0.25, 0.3) is 0 Å². The average molecular weight is 1300 g/mol. The van der Waals surface area contributed by atoms with E-state index in [-0.39, 0.29) is 63.2 Å². The van der Waals surface area contributed by atoms with Gasteiger partial charge in [0.2, 0.25) is 0 Å². The fraction of sp³-hybridized carbons (Fsp3) is 0.558. The summed E-state index contributed by atoms with van der Waals surface area (Å²) in [4.78, 5) is 72.6. The molecule has 2 aromatic rings. The summed E-state index contributed by atoms with van der Waals surface area (Å²) in [6, 6.07) is 17.4. The molecular formula is C43H65N10O8PPb2. The standard InChI is InChI=1S/C43H65N10O8P.2Pb/c1-48(2)25-39(55)53-24-36(46-23-35(44)28-61-37-15-13-34(14-16-37)43(62)47-22-33-11-7-6-8-12-33)21-38(53)42(60)45-17-9-4-3-5-10-18-49-29-50(19-20-54)31-52(27-41(58)59)32-51(30-49)26-40(56)57;;/h6-8,11-16,20,23,36,38,43,46-47H,1-5,9-10,17-19,21-22,24-32,44,62H2,(H,45,60)(H,56,57)(H,58,59);;/b35-23-;;. The van der Waals surface area contributed by atoms with E-state index in [0.717, 1.165) is 110 Å². The Kier molecular flexibility index (Phi) is 25.0. The number of carboxylic acid groups (broad SMARTS) is 2. The molecule has 2 amide bonds. The smallest absolute Gasteiger partial charge is 0.303 e. The molecule has 4 atom stereocenters. The van der Waals surface area contributed by atoms with Gasteiger partial charge in [0.1, 0.15) is 12.0 Å². The summed E-state index contributed by atoms with van der Waals surface area (Å²) in [5.41, 5.74) is 9.17. The number of hydrogen-bond acceptors (Lipinski definition) is 14. The van der Waals surface area contributed by atoms with Crippen LogP contribution in [0, 0.1) is 0 Å². The third kappa shape index (κ3) is 20.0. The number of aliphatic carboxylic acids is 2. The van der Waals surface area contributed by atoms with Crippen LogP contribution in [0.3, 0.4) is 0 Å². The molecule has 7 N–H and O–H groups in total. The number of carboxylic acids is 2. The first-order chi connectivity index (χ1) is 30.9. The van der Waals surface area contributed by atoms with E-state index < -0.39 is 18.0 Å². The Balaban J connectivity index is 1.20. The van der Waals surface area contributed by atoms with Crippen LogP contribution in [0.2, 0.25) is 0 Å². The Hall–Kier alpha value is -2.84. The van der Waals surface area contributed by atoms with Crippen molar-refractivity contribution in [3.63, 3.8) is 0 Å². The van der Waals surface area contributed by atoms with E-state index in [2.05, 4.69) is 47.1 Å². The van der Waals surface area contributed by atoms with E-state index >= 15 is 0 Å². The van der Waals surface area contributed by atoms with Crippen LogP contribution in [-0.4, -0.2) is 221 Å². The van der Waals surface area contributed by atoms with E-state index in [1.165, 1.54) is 5.56 Å². The number of nitrogens with zero attached hydrogens (tertiary/aromatic N) is 6. The van der Waals surface area contributed by atoms with Crippen molar-refractivity contribution in [2.75, 3.05) is 87.3 Å². The molecule has 18 nitrogen and oxygen atoms in total. The minimum absolute atomic E-state index is 0.0409. The van der Waals surface area contributed by atoms with Crippen molar-refractivity contribution >= 4 is 90.8 Å². The molecule has 2 fully saturated rings. The zero-order chi connectivity index (χ0) is 46.3. The quantitative estimate of drug-likeness (QED) is 0.0289. The number of nitrogens with two attached hydrogens (primary N) is 1. The number of carbonyl (C=O) groups excluding carboxylic acids is 3. The minimum atomic E-state index is -1.02. The monoisotopic (exact) mass is 1300 g/mol. The van der Waals surface area contributed by atoms with E-state index in [0.29, 0.717) is 57.4 Å². The topological polar surface area (TPSA) is 217 Å². The molecule has 0 aromatic heterocycles. The van der Waals surface area contributed by atoms with Crippen molar-refractivity contribution in [1.82, 2.24) is 45.3 Å². The van der Waals surface area contributed by atoms with Gasteiger partial charge in [-0.1, -0.05) is 48.9 Å². The van der Waals surface area contributed by atoms with E-state index in [9.17, 15) is 34.2 Å². The Morgan fingerprint density at radius 3 is 2.16 bits per heavy atom. The van der Waals surface area contributed by atoms with Gasteiger partial charge in [-0.25, -0.2) is 0 Å². The van der Waals surface area contributed by atoms with Crippen LogP contribution in [0.5, 0.6) is 5.75 Å². The Bertz CT molecular complexity index is 1790. The van der Waals surface area contributed by atoms with Crippen molar-refractivity contribution in [1.29, 1.82) is 0 Å². The maximum absolute atomic E-state index is 13.6. The SMILES string of the molecule is N/C(=C\NC1CC(C(=O)NCCCCCCCN2CN(CC=O)CN(CC(=O)O)CN(CC(=O)O)C2)N(C(=O)CN([CH2][Pb])[CH2][Pb])C1)COc1ccc(C(P)NCc2ccccc2)cc1. The van der Waals surface area contributed by atoms with E-state index in [4.69, 9.17) is 10.5 Å². The first-order valence-electron chi connectivity index (χ1n) is 21.7. The molecule has 0 bridgehead atoms. The van der Waals surface area contributed by atoms with Gasteiger partial charge in [0.15, 0.2) is 0 Å². The molecule has 2 aromatic carbocycles. The number of hydrogen-bond donors (Lipinski definition) is 6. The van der Waals surface area contributed by atoms with Gasteiger partial charge in [-0.2, -0.15) is 0 Å². The zero-order valence-electron chi connectivity index (χ0n) is 36.6. The molecule has 21 heteroatoms. The maximum atomic E-state index is 13.6. The third-order valence-electron chi connectivity index (χ3n) is 10.8. The fourth-order valence-corrected chi connectivity index (χ4v) is 13.1. The molecule has 0 saturated carbocycles. The second-order valence-corrected chi connectivity index (χ2v) is 19.3. The first kappa shape index (κ1) is 53.8. The van der Waals surface area contributed by atoms with Crippen LogP contribution in [0.4, 0.5) is 0 Å². The van der Waals surface area contributed by atoms with Crippen molar-refractivity contribution in [3.05, 3.63) is 77.6 Å². The number of carbonyl (C=O) groups is 5. The Morgan fingerprint density at radius 1 is 0.875 bits per heavy atom. The van der Waals surface area contributed by atoms with Gasteiger partial charge in [-0.05, 0) is 29.7 Å². The number of ether oxygens (including phenoxy) is 1. The van der Waals surface area contributed by atoms with Gasteiger partial charge in [0.05, 0.1) is 46.3 Å². The summed E-state index contributed by atoms with van der Waals surface area (Å²) in [5, 5.41) is 28.7. The molecule has 2 heterocycles. The van der Waals surface area contributed by atoms with Crippen LogP contribution in [-0.2, 0) is 30.5 Å². The summed E-state index contributed by atoms with van der Waals surface area (Å²) in [7, 11) is 2.83. The molecule has 2 saturated heterocycles. The van der Waals surface area contributed by atoms with Gasteiger partial charge in [0, 0.05) is 18.9 Å². The van der Waals surface area contributed by atoms with E-state index in [1.54, 1.807) is 20.9 Å². The first-order valence-corrected chi connectivity index (χ1v) is 27.8. The minimum Gasteiger partial charge on any atom is -0.303 e. The van der Waals surface area contributed by atoms with Crippen LogP contribution >= 0.6 is 9.24 Å². The number of unbranched alkanes of at least 4 members (excludes halogenated alkanes) is 4. The summed E-state index contributed by atoms with van der Waals surface area (Å²) in [5.74, 6) is -1.42. The van der Waals surface area contributed by atoms with Crippen LogP contribution in [0.15, 0.2) is 66.5 Å². The molecular weight excluding hydrogens is 1230 g/mol. The number of likely N-dealkylation sites (tertiary alicyclic amines) is 1. The van der Waals surface area contributed by atoms with Crippen molar-refractivity contribution in [2.45, 2.75) is 62.9 Å². The van der Waals surface area contributed by atoms with Crippen molar-refractivity contribution < 1.29 is 38.9 Å². The molecule has 64 heavy (non-hydrogen) atoms. The number of aldehydes is 1. The van der Waals surface area contributed by atoms with Crippen molar-refractivity contribution in [3.8, 4) is 5.75 Å². The van der Waals surface area contributed by atoms with Crippen molar-refractivity contribution in [2.24, 2.45) is 5.73 Å². The second-order valence-electron chi connectivity index (χ2n) is 16.2. The molecule has 0 spiro atoms. The van der Waals surface area contributed by atoms with E-state index in [1.807, 2.05) is 47.4 Å². The number of rotatable bonds is 28. The summed E-state index contributed by atoms with van der Waals surface area (Å²) >= 11 is 1.93. The Labute approximate surface area is 411 Å². The molecule has 4 rings (SSSR count). The molecule has 0 aliphatic carbocycles. The normalized spacial score (nSPS) is 18.6. The molecule has 6 radical (unpaired) electrons.